The Bertz CT molecular complexity index is 689. The molecule has 1 amide bonds. The molecule has 1 aromatic rings. The summed E-state index contributed by atoms with van der Waals surface area (Å²) < 4.78 is 43.5. The number of hydrogen-bond acceptors (Lipinski definition) is 6. The highest BCUT2D eigenvalue weighted by Gasteiger charge is 2.41. The van der Waals surface area contributed by atoms with Crippen LogP contribution in [0.5, 0.6) is 0 Å². The van der Waals surface area contributed by atoms with E-state index in [0.29, 0.717) is 32.9 Å². The van der Waals surface area contributed by atoms with Crippen LogP contribution < -0.4 is 0 Å². The Morgan fingerprint density at radius 1 is 1.24 bits per heavy atom. The van der Waals surface area contributed by atoms with Crippen molar-refractivity contribution in [2.45, 2.75) is 25.2 Å². The average Bonchev–Trinajstić information content (AvgIpc) is 2.85. The molecule has 0 radical (unpaired) electrons. The van der Waals surface area contributed by atoms with Crippen molar-refractivity contribution >= 4 is 11.9 Å². The van der Waals surface area contributed by atoms with Crippen LogP contribution in [0.25, 0.3) is 0 Å². The van der Waals surface area contributed by atoms with Crippen LogP contribution in [0.15, 0.2) is 24.4 Å². The number of carbonyl (C=O) groups is 2. The second-order valence-electron chi connectivity index (χ2n) is 6.86. The fourth-order valence-corrected chi connectivity index (χ4v) is 3.14. The number of morpholine rings is 1. The zero-order valence-corrected chi connectivity index (χ0v) is 16.0. The summed E-state index contributed by atoms with van der Waals surface area (Å²) in [6, 6.07) is 5.96. The maximum Gasteiger partial charge on any atom is 0.490 e. The molecule has 2 aliphatic rings. The molecule has 3 heterocycles. The maximum absolute atomic E-state index is 11.7. The number of pyridine rings is 1. The summed E-state index contributed by atoms with van der Waals surface area (Å²) in [4.78, 5) is 29.2. The first kappa shape index (κ1) is 23.0. The van der Waals surface area contributed by atoms with Crippen LogP contribution in [0.4, 0.5) is 13.2 Å². The standard InChI is InChI=1S/C16H23N3O3.C2HF3O2/c1-14(20)19-7-8-21-13-16(12-19)11-18(6-9-22-16)10-15-4-2-3-5-17-15;3-2(4,5)1(6)7/h2-5H,6-13H2,1H3;(H,6,7). The van der Waals surface area contributed by atoms with E-state index in [1.165, 1.54) is 0 Å². The van der Waals surface area contributed by atoms with E-state index in [2.05, 4.69) is 9.88 Å². The van der Waals surface area contributed by atoms with Gasteiger partial charge in [-0.2, -0.15) is 13.2 Å². The molecule has 2 saturated heterocycles. The molecule has 8 nitrogen and oxygen atoms in total. The van der Waals surface area contributed by atoms with Gasteiger partial charge in [0.1, 0.15) is 5.60 Å². The number of carboxylic acid groups (broad SMARTS) is 1. The first-order chi connectivity index (χ1) is 13.6. The monoisotopic (exact) mass is 419 g/mol. The van der Waals surface area contributed by atoms with E-state index in [-0.39, 0.29) is 5.91 Å². The van der Waals surface area contributed by atoms with Crippen molar-refractivity contribution in [2.24, 2.45) is 0 Å². The van der Waals surface area contributed by atoms with Crippen molar-refractivity contribution in [1.82, 2.24) is 14.8 Å². The highest BCUT2D eigenvalue weighted by Crippen LogP contribution is 2.23. The first-order valence-corrected chi connectivity index (χ1v) is 9.01. The summed E-state index contributed by atoms with van der Waals surface area (Å²) >= 11 is 0. The lowest BCUT2D eigenvalue weighted by Gasteiger charge is -2.43. The van der Waals surface area contributed by atoms with Gasteiger partial charge in [-0.05, 0) is 12.1 Å². The van der Waals surface area contributed by atoms with Gasteiger partial charge in [-0.25, -0.2) is 4.79 Å². The Kier molecular flexibility index (Phi) is 7.94. The molecule has 11 heteroatoms. The molecule has 0 saturated carbocycles. The summed E-state index contributed by atoms with van der Waals surface area (Å²) in [5, 5.41) is 7.12. The van der Waals surface area contributed by atoms with E-state index in [4.69, 9.17) is 19.4 Å². The van der Waals surface area contributed by atoms with Crippen LogP contribution in [0.3, 0.4) is 0 Å². The largest absolute Gasteiger partial charge is 0.490 e. The Balaban J connectivity index is 0.000000370. The van der Waals surface area contributed by atoms with Crippen LogP contribution in [-0.4, -0.2) is 89.5 Å². The van der Waals surface area contributed by atoms with Gasteiger partial charge in [0, 0.05) is 39.3 Å². The Morgan fingerprint density at radius 2 is 1.97 bits per heavy atom. The van der Waals surface area contributed by atoms with Crippen molar-refractivity contribution < 1.29 is 37.3 Å². The van der Waals surface area contributed by atoms with Gasteiger partial charge >= 0.3 is 12.1 Å². The minimum Gasteiger partial charge on any atom is -0.475 e. The molecule has 1 N–H and O–H groups in total. The average molecular weight is 419 g/mol. The molecule has 1 unspecified atom stereocenters. The molecule has 2 fully saturated rings. The highest BCUT2D eigenvalue weighted by atomic mass is 19.4. The van der Waals surface area contributed by atoms with Crippen LogP contribution >= 0.6 is 0 Å². The predicted octanol–water partition coefficient (Wildman–Crippen LogP) is 1.16. The van der Waals surface area contributed by atoms with Crippen LogP contribution in [0, 0.1) is 0 Å². The van der Waals surface area contributed by atoms with Gasteiger partial charge in [0.15, 0.2) is 0 Å². The minimum absolute atomic E-state index is 0.0790. The van der Waals surface area contributed by atoms with E-state index in [1.54, 1.807) is 6.92 Å². The Morgan fingerprint density at radius 3 is 2.55 bits per heavy atom. The second-order valence-corrected chi connectivity index (χ2v) is 6.86. The number of amides is 1. The fourth-order valence-electron chi connectivity index (χ4n) is 3.14. The zero-order chi connectivity index (χ0) is 21.5. The van der Waals surface area contributed by atoms with Crippen molar-refractivity contribution in [3.8, 4) is 0 Å². The van der Waals surface area contributed by atoms with Gasteiger partial charge in [0.2, 0.25) is 5.91 Å². The number of carboxylic acids is 1. The van der Waals surface area contributed by atoms with Gasteiger partial charge in [-0.1, -0.05) is 6.07 Å². The molecule has 2 aliphatic heterocycles. The number of alkyl halides is 3. The van der Waals surface area contributed by atoms with Crippen molar-refractivity contribution in [2.75, 3.05) is 46.0 Å². The molecule has 1 spiro atoms. The van der Waals surface area contributed by atoms with Gasteiger partial charge < -0.3 is 19.5 Å². The van der Waals surface area contributed by atoms with Crippen molar-refractivity contribution in [3.05, 3.63) is 30.1 Å². The molecule has 0 aromatic carbocycles. The number of rotatable bonds is 2. The molecule has 3 rings (SSSR count). The highest BCUT2D eigenvalue weighted by molar-refractivity contribution is 5.73. The molecular weight excluding hydrogens is 395 g/mol. The van der Waals surface area contributed by atoms with Crippen molar-refractivity contribution in [1.29, 1.82) is 0 Å². The third-order valence-corrected chi connectivity index (χ3v) is 4.48. The van der Waals surface area contributed by atoms with Crippen LogP contribution in [-0.2, 0) is 25.6 Å². The van der Waals surface area contributed by atoms with Gasteiger partial charge in [-0.3, -0.25) is 14.7 Å². The van der Waals surface area contributed by atoms with E-state index in [9.17, 15) is 18.0 Å². The molecule has 29 heavy (non-hydrogen) atoms. The summed E-state index contributed by atoms with van der Waals surface area (Å²) in [6.07, 6.45) is -3.27. The van der Waals surface area contributed by atoms with Crippen LogP contribution in [0.2, 0.25) is 0 Å². The van der Waals surface area contributed by atoms with Gasteiger partial charge in [0.25, 0.3) is 0 Å². The summed E-state index contributed by atoms with van der Waals surface area (Å²) in [5.74, 6) is -2.68. The lowest BCUT2D eigenvalue weighted by molar-refractivity contribution is -0.192. The van der Waals surface area contributed by atoms with Crippen LogP contribution in [0.1, 0.15) is 12.6 Å². The topological polar surface area (TPSA) is 92.2 Å². The first-order valence-electron chi connectivity index (χ1n) is 9.01. The SMILES string of the molecule is CC(=O)N1CCOCC2(CN(Cc3ccccn3)CCO2)C1.O=C(O)C(F)(F)F. The number of nitrogens with zero attached hydrogens (tertiary/aromatic N) is 3. The summed E-state index contributed by atoms with van der Waals surface area (Å²) in [6.45, 7) is 7.04. The lowest BCUT2D eigenvalue weighted by Crippen LogP contribution is -2.58. The van der Waals surface area contributed by atoms with E-state index in [0.717, 1.165) is 25.3 Å². The predicted molar refractivity (Wildman–Crippen MR) is 95.0 cm³/mol. The normalized spacial score (nSPS) is 23.1. The number of aliphatic carboxylic acids is 1. The van der Waals surface area contributed by atoms with Crippen molar-refractivity contribution in [3.63, 3.8) is 0 Å². The minimum atomic E-state index is -5.08. The third-order valence-electron chi connectivity index (χ3n) is 4.48. The second kappa shape index (κ2) is 9.99. The molecule has 1 atom stereocenters. The number of carbonyl (C=O) groups excluding carboxylic acids is 1. The zero-order valence-electron chi connectivity index (χ0n) is 16.0. The van der Waals surface area contributed by atoms with E-state index < -0.39 is 17.7 Å². The summed E-state index contributed by atoms with van der Waals surface area (Å²) in [7, 11) is 0. The number of ether oxygens (including phenoxy) is 2. The maximum atomic E-state index is 11.7. The quantitative estimate of drug-likeness (QED) is 0.769. The van der Waals surface area contributed by atoms with E-state index >= 15 is 0 Å². The Hall–Kier alpha value is -2.24. The smallest absolute Gasteiger partial charge is 0.475 e. The fraction of sp³-hybridized carbons (Fsp3) is 0.611. The van der Waals surface area contributed by atoms with E-state index in [1.807, 2.05) is 29.3 Å². The van der Waals surface area contributed by atoms with Gasteiger partial charge in [0.05, 0.1) is 32.1 Å². The molecule has 1 aromatic heterocycles. The molecule has 0 bridgehead atoms. The number of hydrogen-bond donors (Lipinski definition) is 1. The number of halogens is 3. The molecule has 162 valence electrons. The number of aromatic nitrogens is 1. The molecule has 0 aliphatic carbocycles. The summed E-state index contributed by atoms with van der Waals surface area (Å²) in [5.41, 5.74) is 0.632. The lowest BCUT2D eigenvalue weighted by atomic mass is 10.0. The Labute approximate surface area is 166 Å². The third kappa shape index (κ3) is 7.26. The molecular formula is C18H24F3N3O5. The van der Waals surface area contributed by atoms with Gasteiger partial charge in [-0.15, -0.1) is 0 Å².